The maximum atomic E-state index is 12.7. The standard InChI is InChI=1S/C17H12BrF3N2O3S/c18-15-9-12(5-7-14(15)17(19,20)21)22-16(24)23-27(25,26)13-6-4-10-2-1-3-11(10)8-13/h1,3-9H,2H2,(H2,22,23,24). The number of halogens is 4. The number of anilines is 1. The number of amides is 2. The first kappa shape index (κ1) is 19.4. The van der Waals surface area contributed by atoms with Gasteiger partial charge in [0.2, 0.25) is 0 Å². The second kappa shape index (κ2) is 7.01. The highest BCUT2D eigenvalue weighted by Crippen LogP contribution is 2.36. The molecule has 142 valence electrons. The number of urea groups is 1. The molecule has 0 aromatic heterocycles. The van der Waals surface area contributed by atoms with Gasteiger partial charge in [-0.15, -0.1) is 0 Å². The molecule has 0 fully saturated rings. The Kier molecular flexibility index (Phi) is 5.04. The number of nitrogens with one attached hydrogen (secondary N) is 2. The van der Waals surface area contributed by atoms with E-state index >= 15 is 0 Å². The van der Waals surface area contributed by atoms with Crippen LogP contribution in [0, 0.1) is 0 Å². The first-order chi connectivity index (χ1) is 12.6. The Hall–Kier alpha value is -2.33. The fourth-order valence-corrected chi connectivity index (χ4v) is 4.10. The monoisotopic (exact) mass is 460 g/mol. The number of benzene rings is 2. The number of alkyl halides is 3. The van der Waals surface area contributed by atoms with E-state index in [1.807, 2.05) is 10.8 Å². The summed E-state index contributed by atoms with van der Waals surface area (Å²) in [6, 6.07) is 6.25. The Labute approximate surface area is 161 Å². The molecule has 10 heteroatoms. The number of carbonyl (C=O) groups excluding carboxylic acids is 1. The molecule has 0 atom stereocenters. The minimum atomic E-state index is -4.55. The predicted molar refractivity (Wildman–Crippen MR) is 97.7 cm³/mol. The highest BCUT2D eigenvalue weighted by Gasteiger charge is 2.33. The molecule has 1 aliphatic carbocycles. The van der Waals surface area contributed by atoms with E-state index in [4.69, 9.17) is 0 Å². The molecule has 2 aromatic rings. The first-order valence-corrected chi connectivity index (χ1v) is 9.84. The van der Waals surface area contributed by atoms with Crippen molar-refractivity contribution in [3.8, 4) is 0 Å². The fourth-order valence-electron chi connectivity index (χ4n) is 2.55. The third kappa shape index (κ3) is 4.33. The molecule has 0 bridgehead atoms. The number of hydrogen-bond donors (Lipinski definition) is 2. The predicted octanol–water partition coefficient (Wildman–Crippen LogP) is 4.55. The number of rotatable bonds is 3. The molecule has 2 N–H and O–H groups in total. The van der Waals surface area contributed by atoms with Crippen LogP contribution in [0.15, 0.2) is 51.8 Å². The lowest BCUT2D eigenvalue weighted by molar-refractivity contribution is -0.138. The third-order valence-corrected chi connectivity index (χ3v) is 5.81. The number of carbonyl (C=O) groups is 1. The van der Waals surface area contributed by atoms with E-state index < -0.39 is 27.8 Å². The van der Waals surface area contributed by atoms with E-state index in [2.05, 4.69) is 21.2 Å². The molecule has 2 aromatic carbocycles. The minimum Gasteiger partial charge on any atom is -0.307 e. The van der Waals surface area contributed by atoms with Crippen LogP contribution in [0.4, 0.5) is 23.7 Å². The van der Waals surface area contributed by atoms with E-state index in [9.17, 15) is 26.4 Å². The van der Waals surface area contributed by atoms with Gasteiger partial charge in [-0.2, -0.15) is 13.2 Å². The highest BCUT2D eigenvalue weighted by molar-refractivity contribution is 9.10. The average Bonchev–Trinajstić information content (AvgIpc) is 3.00. The summed E-state index contributed by atoms with van der Waals surface area (Å²) in [5.41, 5.74) is 0.824. The Morgan fingerprint density at radius 3 is 2.52 bits per heavy atom. The Balaban J connectivity index is 1.74. The summed E-state index contributed by atoms with van der Waals surface area (Å²) in [7, 11) is -4.13. The van der Waals surface area contributed by atoms with Gasteiger partial charge in [0, 0.05) is 10.2 Å². The van der Waals surface area contributed by atoms with Gasteiger partial charge in [0.15, 0.2) is 0 Å². The van der Waals surface area contributed by atoms with Crippen LogP contribution in [0.25, 0.3) is 6.08 Å². The molecule has 2 amide bonds. The summed E-state index contributed by atoms with van der Waals surface area (Å²) in [6.45, 7) is 0. The second-order valence-corrected chi connectivity index (χ2v) is 8.26. The van der Waals surface area contributed by atoms with Gasteiger partial charge in [0.1, 0.15) is 0 Å². The number of fused-ring (bicyclic) bond motifs is 1. The Morgan fingerprint density at radius 2 is 1.85 bits per heavy atom. The van der Waals surface area contributed by atoms with Crippen LogP contribution in [0.1, 0.15) is 16.7 Å². The summed E-state index contributed by atoms with van der Waals surface area (Å²) in [4.78, 5) is 11.9. The number of sulfonamides is 1. The summed E-state index contributed by atoms with van der Waals surface area (Å²) in [6.07, 6.45) is -0.158. The zero-order valence-corrected chi connectivity index (χ0v) is 15.9. The van der Waals surface area contributed by atoms with Gasteiger partial charge in [0.05, 0.1) is 10.5 Å². The molecule has 1 aliphatic rings. The van der Waals surface area contributed by atoms with Crippen molar-refractivity contribution in [2.75, 3.05) is 5.32 Å². The van der Waals surface area contributed by atoms with Crippen molar-refractivity contribution in [2.24, 2.45) is 0 Å². The first-order valence-electron chi connectivity index (χ1n) is 7.56. The molecular formula is C17H12BrF3N2O3S. The summed E-state index contributed by atoms with van der Waals surface area (Å²) in [5, 5.41) is 2.20. The van der Waals surface area contributed by atoms with Crippen LogP contribution in [0.5, 0.6) is 0 Å². The van der Waals surface area contributed by atoms with Gasteiger partial charge in [-0.1, -0.05) is 34.1 Å². The van der Waals surface area contributed by atoms with Crippen LogP contribution in [-0.2, 0) is 22.6 Å². The topological polar surface area (TPSA) is 75.3 Å². The molecule has 0 unspecified atom stereocenters. The normalized spacial score (nSPS) is 13.3. The Morgan fingerprint density at radius 1 is 1.11 bits per heavy atom. The molecule has 0 saturated carbocycles. The lowest BCUT2D eigenvalue weighted by Crippen LogP contribution is -2.34. The number of allylic oxidation sites excluding steroid dienone is 1. The SMILES string of the molecule is O=C(Nc1ccc(C(F)(F)F)c(Br)c1)NS(=O)(=O)c1ccc2c(c1)C=CC2. The molecule has 0 heterocycles. The van der Waals surface area contributed by atoms with Gasteiger partial charge in [0.25, 0.3) is 10.0 Å². The van der Waals surface area contributed by atoms with E-state index in [0.717, 1.165) is 29.3 Å². The minimum absolute atomic E-state index is 0.000498. The molecule has 5 nitrogen and oxygen atoms in total. The summed E-state index contributed by atoms with van der Waals surface area (Å²) >= 11 is 2.78. The highest BCUT2D eigenvalue weighted by atomic mass is 79.9. The van der Waals surface area contributed by atoms with Crippen LogP contribution < -0.4 is 10.0 Å². The van der Waals surface area contributed by atoms with Crippen molar-refractivity contribution >= 4 is 43.7 Å². The van der Waals surface area contributed by atoms with Crippen molar-refractivity contribution in [2.45, 2.75) is 17.5 Å². The maximum Gasteiger partial charge on any atom is 0.417 e. The largest absolute Gasteiger partial charge is 0.417 e. The van der Waals surface area contributed by atoms with E-state index in [0.29, 0.717) is 6.42 Å². The van der Waals surface area contributed by atoms with Gasteiger partial charge in [-0.05, 0) is 47.9 Å². The lowest BCUT2D eigenvalue weighted by atomic mass is 10.1. The molecule has 0 saturated heterocycles. The lowest BCUT2D eigenvalue weighted by Gasteiger charge is -2.12. The Bertz CT molecular complexity index is 1050. The van der Waals surface area contributed by atoms with E-state index in [-0.39, 0.29) is 15.1 Å². The molecule has 0 spiro atoms. The number of hydrogen-bond acceptors (Lipinski definition) is 3. The van der Waals surface area contributed by atoms with Gasteiger partial charge in [-0.3, -0.25) is 0 Å². The van der Waals surface area contributed by atoms with Crippen molar-refractivity contribution in [3.05, 3.63) is 63.6 Å². The van der Waals surface area contributed by atoms with Crippen LogP contribution in [-0.4, -0.2) is 14.4 Å². The third-order valence-electron chi connectivity index (χ3n) is 3.82. The van der Waals surface area contributed by atoms with Gasteiger partial charge < -0.3 is 5.32 Å². The molecular weight excluding hydrogens is 449 g/mol. The van der Waals surface area contributed by atoms with Crippen molar-refractivity contribution < 1.29 is 26.4 Å². The van der Waals surface area contributed by atoms with Crippen LogP contribution in [0.2, 0.25) is 0 Å². The molecule has 3 rings (SSSR count). The van der Waals surface area contributed by atoms with E-state index in [1.165, 1.54) is 12.1 Å². The van der Waals surface area contributed by atoms with Crippen LogP contribution >= 0.6 is 15.9 Å². The van der Waals surface area contributed by atoms with Crippen LogP contribution in [0.3, 0.4) is 0 Å². The molecule has 0 aliphatic heterocycles. The zero-order valence-electron chi connectivity index (χ0n) is 13.5. The zero-order chi connectivity index (χ0) is 19.8. The van der Waals surface area contributed by atoms with E-state index in [1.54, 1.807) is 12.1 Å². The maximum absolute atomic E-state index is 12.7. The average molecular weight is 461 g/mol. The smallest absolute Gasteiger partial charge is 0.307 e. The second-order valence-electron chi connectivity index (χ2n) is 5.72. The summed E-state index contributed by atoms with van der Waals surface area (Å²) < 4.78 is 64.4. The fraction of sp³-hybridized carbons (Fsp3) is 0.118. The van der Waals surface area contributed by atoms with Gasteiger partial charge >= 0.3 is 12.2 Å². The molecule has 27 heavy (non-hydrogen) atoms. The van der Waals surface area contributed by atoms with Crippen molar-refractivity contribution in [1.29, 1.82) is 0 Å². The van der Waals surface area contributed by atoms with Crippen molar-refractivity contribution in [1.82, 2.24) is 4.72 Å². The summed E-state index contributed by atoms with van der Waals surface area (Å²) in [5.74, 6) is 0. The molecule has 0 radical (unpaired) electrons. The quantitative estimate of drug-likeness (QED) is 0.705. The van der Waals surface area contributed by atoms with Crippen molar-refractivity contribution in [3.63, 3.8) is 0 Å². The van der Waals surface area contributed by atoms with Gasteiger partial charge in [-0.25, -0.2) is 17.9 Å².